The van der Waals surface area contributed by atoms with Gasteiger partial charge in [0, 0.05) is 5.69 Å². The predicted octanol–water partition coefficient (Wildman–Crippen LogP) is 7.74. The van der Waals surface area contributed by atoms with Gasteiger partial charge in [-0.05, 0) is 95.1 Å². The van der Waals surface area contributed by atoms with Crippen molar-refractivity contribution in [3.8, 4) is 11.5 Å². The highest BCUT2D eigenvalue weighted by atomic mass is 127. The molecule has 1 aliphatic heterocycles. The van der Waals surface area contributed by atoms with Crippen molar-refractivity contribution in [3.63, 3.8) is 0 Å². The zero-order valence-electron chi connectivity index (χ0n) is 19.7. The van der Waals surface area contributed by atoms with Gasteiger partial charge in [0.1, 0.15) is 6.61 Å². The Labute approximate surface area is 239 Å². The van der Waals surface area contributed by atoms with Crippen LogP contribution in [0.25, 0.3) is 6.08 Å². The summed E-state index contributed by atoms with van der Waals surface area (Å²) in [4.78, 5) is 13.3. The topological polar surface area (TPSA) is 59.6 Å². The number of carbonyl (C=O) groups is 1. The normalized spacial score (nSPS) is 16.2. The van der Waals surface area contributed by atoms with Crippen LogP contribution in [0, 0.1) is 3.57 Å². The second-order valence-electron chi connectivity index (χ2n) is 7.97. The smallest absolute Gasteiger partial charge is 0.260 e. The molecule has 0 unspecified atom stereocenters. The molecule has 0 spiro atoms. The highest BCUT2D eigenvalue weighted by Gasteiger charge is 2.27. The van der Waals surface area contributed by atoms with Gasteiger partial charge in [-0.25, -0.2) is 0 Å². The van der Waals surface area contributed by atoms with Crippen molar-refractivity contribution in [2.45, 2.75) is 32.4 Å². The lowest BCUT2D eigenvalue weighted by molar-refractivity contribution is -0.116. The monoisotopic (exact) mass is 654 g/mol. The number of rotatable bonds is 9. The van der Waals surface area contributed by atoms with Crippen molar-refractivity contribution >= 4 is 75.2 Å². The van der Waals surface area contributed by atoms with E-state index in [1.807, 2.05) is 43.3 Å². The molecule has 9 heteroatoms. The fourth-order valence-electron chi connectivity index (χ4n) is 3.56. The van der Waals surface area contributed by atoms with E-state index in [0.29, 0.717) is 39.7 Å². The lowest BCUT2D eigenvalue weighted by Gasteiger charge is -2.15. The zero-order valence-corrected chi connectivity index (χ0v) is 24.2. The molecule has 0 bridgehead atoms. The van der Waals surface area contributed by atoms with Crippen molar-refractivity contribution in [1.29, 1.82) is 0 Å². The molecule has 0 radical (unpaired) electrons. The van der Waals surface area contributed by atoms with E-state index in [2.05, 4.69) is 52.3 Å². The third-order valence-corrected chi connectivity index (χ3v) is 7.96. The van der Waals surface area contributed by atoms with Crippen LogP contribution in [0.15, 0.2) is 59.5 Å². The Morgan fingerprint density at radius 2 is 1.78 bits per heavy atom. The van der Waals surface area contributed by atoms with Gasteiger partial charge in [0.15, 0.2) is 17.0 Å². The molecule has 2 N–H and O–H groups in total. The van der Waals surface area contributed by atoms with Crippen LogP contribution in [-0.4, -0.2) is 18.0 Å². The van der Waals surface area contributed by atoms with Crippen LogP contribution in [0.4, 0.5) is 5.69 Å². The molecule has 0 aliphatic carbocycles. The summed E-state index contributed by atoms with van der Waals surface area (Å²) < 4.78 is 12.8. The minimum Gasteiger partial charge on any atom is -0.490 e. The van der Waals surface area contributed by atoms with E-state index in [4.69, 9.17) is 32.7 Å². The highest BCUT2D eigenvalue weighted by molar-refractivity contribution is 14.1. The van der Waals surface area contributed by atoms with Crippen LogP contribution in [0.3, 0.4) is 0 Å². The van der Waals surface area contributed by atoms with Gasteiger partial charge >= 0.3 is 0 Å². The molecule has 1 fully saturated rings. The van der Waals surface area contributed by atoms with Crippen molar-refractivity contribution in [2.75, 3.05) is 11.9 Å². The van der Waals surface area contributed by atoms with Crippen LogP contribution in [0.2, 0.25) is 10.0 Å². The number of carbonyl (C=O) groups excluding carboxylic acids is 1. The Hall–Kier alpha value is -2.07. The molecule has 3 aromatic carbocycles. The molecule has 1 aliphatic rings. The number of ether oxygens (including phenoxy) is 2. The predicted molar refractivity (Wildman–Crippen MR) is 158 cm³/mol. The molecule has 5 nitrogen and oxygen atoms in total. The molecule has 3 aromatic rings. The fourth-order valence-corrected chi connectivity index (χ4v) is 5.65. The first kappa shape index (κ1) is 27.0. The van der Waals surface area contributed by atoms with Gasteiger partial charge in [0.05, 0.1) is 25.1 Å². The van der Waals surface area contributed by atoms with Gasteiger partial charge in [-0.2, -0.15) is 0 Å². The van der Waals surface area contributed by atoms with Crippen LogP contribution in [-0.2, 0) is 17.8 Å². The lowest BCUT2D eigenvalue weighted by Crippen LogP contribution is -2.30. The lowest BCUT2D eigenvalue weighted by atomic mass is 10.1. The van der Waals surface area contributed by atoms with Gasteiger partial charge in [0.2, 0.25) is 0 Å². The number of hydrogen-bond acceptors (Lipinski definition) is 5. The summed E-state index contributed by atoms with van der Waals surface area (Å²) in [5.41, 5.74) is 3.75. The average molecular weight is 655 g/mol. The third kappa shape index (κ3) is 6.82. The first-order valence-electron chi connectivity index (χ1n) is 11.4. The second-order valence-corrected chi connectivity index (χ2v) is 11.1. The van der Waals surface area contributed by atoms with Gasteiger partial charge in [-0.15, -0.1) is 0 Å². The van der Waals surface area contributed by atoms with Crippen molar-refractivity contribution in [2.24, 2.45) is 0 Å². The minimum atomic E-state index is -0.240. The van der Waals surface area contributed by atoms with Crippen LogP contribution >= 0.6 is 57.6 Å². The van der Waals surface area contributed by atoms with Gasteiger partial charge in [-0.1, -0.05) is 60.1 Å². The van der Waals surface area contributed by atoms with E-state index >= 15 is 0 Å². The zero-order chi connectivity index (χ0) is 25.7. The molecule has 4 rings (SSSR count). The molecule has 0 saturated carbocycles. The number of aryl methyl sites for hydroxylation is 1. The van der Waals surface area contributed by atoms with Crippen molar-refractivity contribution < 1.29 is 14.3 Å². The van der Waals surface area contributed by atoms with E-state index < -0.39 is 0 Å². The third-order valence-electron chi connectivity index (χ3n) is 5.39. The standard InChI is InChI=1S/C27H25Cl2IN2O3S/c1-3-16-5-8-19(9-6-16)31-27-32-26(33)24(36-27)14-18-12-22(30)25(23(13-18)34-4-2)35-15-17-7-10-20(28)21(29)11-17/h5-14,27,31H,3-4,15H2,1-2H3,(H,32,33)/b24-14-/t27-/m0/s1. The maximum atomic E-state index is 12.6. The first-order chi connectivity index (χ1) is 17.4. The molecule has 1 saturated heterocycles. The molecular formula is C27H25Cl2IN2O3S. The number of hydrogen-bond donors (Lipinski definition) is 2. The largest absolute Gasteiger partial charge is 0.490 e. The Balaban J connectivity index is 1.49. The Morgan fingerprint density at radius 3 is 2.47 bits per heavy atom. The summed E-state index contributed by atoms with van der Waals surface area (Å²) in [6.07, 6.45) is 2.86. The van der Waals surface area contributed by atoms with Gasteiger partial charge < -0.3 is 20.1 Å². The maximum absolute atomic E-state index is 12.6. The summed E-state index contributed by atoms with van der Waals surface area (Å²) in [5.74, 6) is 1.14. The van der Waals surface area contributed by atoms with Gasteiger partial charge in [0.25, 0.3) is 5.91 Å². The van der Waals surface area contributed by atoms with E-state index in [1.165, 1.54) is 17.3 Å². The van der Waals surface area contributed by atoms with E-state index in [-0.39, 0.29) is 11.4 Å². The molecule has 36 heavy (non-hydrogen) atoms. The van der Waals surface area contributed by atoms with Crippen LogP contribution in [0.5, 0.6) is 11.5 Å². The summed E-state index contributed by atoms with van der Waals surface area (Å²) >= 11 is 15.8. The molecule has 188 valence electrons. The number of amides is 1. The maximum Gasteiger partial charge on any atom is 0.260 e. The summed E-state index contributed by atoms with van der Waals surface area (Å²) in [6, 6.07) is 17.5. The molecular weight excluding hydrogens is 630 g/mol. The van der Waals surface area contributed by atoms with Crippen molar-refractivity contribution in [3.05, 3.63) is 89.8 Å². The van der Waals surface area contributed by atoms with Crippen LogP contribution in [0.1, 0.15) is 30.5 Å². The summed E-state index contributed by atoms with van der Waals surface area (Å²) in [5, 5.41) is 7.32. The number of thioether (sulfide) groups is 1. The quantitative estimate of drug-likeness (QED) is 0.183. The SMILES string of the molecule is CCOc1cc(/C=C2\S[C@@H](Nc3ccc(CC)cc3)NC2=O)cc(I)c1OCc1ccc(Cl)c(Cl)c1. The molecule has 0 aromatic heterocycles. The molecule has 1 amide bonds. The van der Waals surface area contributed by atoms with Crippen molar-refractivity contribution in [1.82, 2.24) is 5.32 Å². The number of anilines is 1. The average Bonchev–Trinajstić information content (AvgIpc) is 3.19. The molecule has 1 heterocycles. The highest BCUT2D eigenvalue weighted by Crippen LogP contribution is 2.37. The summed E-state index contributed by atoms with van der Waals surface area (Å²) in [7, 11) is 0. The summed E-state index contributed by atoms with van der Waals surface area (Å²) in [6.45, 7) is 4.85. The molecule has 1 atom stereocenters. The number of halogens is 3. The Kier molecular flexibility index (Phi) is 9.33. The Morgan fingerprint density at radius 1 is 1.03 bits per heavy atom. The Bertz CT molecular complexity index is 1280. The number of benzene rings is 3. The van der Waals surface area contributed by atoms with E-state index in [1.54, 1.807) is 12.1 Å². The van der Waals surface area contributed by atoms with Gasteiger partial charge in [-0.3, -0.25) is 4.79 Å². The number of nitrogens with one attached hydrogen (secondary N) is 2. The minimum absolute atomic E-state index is 0.115. The first-order valence-corrected chi connectivity index (χ1v) is 14.2. The fraction of sp³-hybridized carbons (Fsp3) is 0.222. The van der Waals surface area contributed by atoms with E-state index in [0.717, 1.165) is 26.8 Å². The van der Waals surface area contributed by atoms with Crippen LogP contribution < -0.4 is 20.1 Å². The van der Waals surface area contributed by atoms with E-state index in [9.17, 15) is 4.79 Å². The second kappa shape index (κ2) is 12.4.